The van der Waals surface area contributed by atoms with Gasteiger partial charge in [0, 0.05) is 10.4 Å². The van der Waals surface area contributed by atoms with Crippen LogP contribution in [-0.4, -0.2) is 19.7 Å². The number of alkyl halides is 2. The Balaban J connectivity index is 2.10. The molecular formula is C11H12BrF2NOS. The second-order valence-electron chi connectivity index (χ2n) is 4.53. The molecule has 2 nitrogen and oxygen atoms in total. The van der Waals surface area contributed by atoms with Crippen LogP contribution in [0.5, 0.6) is 0 Å². The smallest absolute Gasteiger partial charge is 0.297 e. The molecule has 1 aromatic heterocycles. The Morgan fingerprint density at radius 3 is 2.76 bits per heavy atom. The molecule has 3 rings (SSSR count). The van der Waals surface area contributed by atoms with Gasteiger partial charge in [-0.2, -0.15) is 8.78 Å². The summed E-state index contributed by atoms with van der Waals surface area (Å²) in [6, 6.07) is 1.55. The molecule has 1 saturated heterocycles. The molecule has 2 aliphatic rings. The molecule has 1 fully saturated rings. The Labute approximate surface area is 110 Å². The summed E-state index contributed by atoms with van der Waals surface area (Å²) in [5, 5.41) is 3.24. The van der Waals surface area contributed by atoms with E-state index in [1.165, 1.54) is 11.3 Å². The highest BCUT2D eigenvalue weighted by atomic mass is 79.9. The van der Waals surface area contributed by atoms with E-state index in [4.69, 9.17) is 4.74 Å². The lowest BCUT2D eigenvalue weighted by Gasteiger charge is -2.42. The number of thiophene rings is 1. The van der Waals surface area contributed by atoms with Gasteiger partial charge in [0.15, 0.2) is 0 Å². The van der Waals surface area contributed by atoms with E-state index in [-0.39, 0.29) is 5.56 Å². The normalized spacial score (nSPS) is 25.8. The van der Waals surface area contributed by atoms with Crippen molar-refractivity contribution in [3.63, 3.8) is 0 Å². The highest BCUT2D eigenvalue weighted by molar-refractivity contribution is 9.11. The van der Waals surface area contributed by atoms with E-state index in [0.29, 0.717) is 4.88 Å². The summed E-state index contributed by atoms with van der Waals surface area (Å²) in [5.74, 6) is -2.85. The summed E-state index contributed by atoms with van der Waals surface area (Å²) >= 11 is 4.69. The SMILES string of the molecule is FC1(F)COC2(CCNCC2)c2sc(Br)cc21. The van der Waals surface area contributed by atoms with Crippen LogP contribution in [0.3, 0.4) is 0 Å². The molecule has 0 unspecified atom stereocenters. The molecule has 94 valence electrons. The molecule has 1 N–H and O–H groups in total. The van der Waals surface area contributed by atoms with Crippen LogP contribution in [0.25, 0.3) is 0 Å². The quantitative estimate of drug-likeness (QED) is 0.791. The topological polar surface area (TPSA) is 21.3 Å². The van der Waals surface area contributed by atoms with Gasteiger partial charge in [-0.15, -0.1) is 11.3 Å². The average Bonchev–Trinajstić information content (AvgIpc) is 2.71. The molecule has 0 aliphatic carbocycles. The Kier molecular flexibility index (Phi) is 2.81. The molecule has 0 aromatic carbocycles. The Morgan fingerprint density at radius 1 is 1.35 bits per heavy atom. The largest absolute Gasteiger partial charge is 0.363 e. The van der Waals surface area contributed by atoms with Crippen LogP contribution in [0, 0.1) is 0 Å². The van der Waals surface area contributed by atoms with E-state index in [1.54, 1.807) is 6.07 Å². The number of halogens is 3. The number of fused-ring (bicyclic) bond motifs is 2. The fourth-order valence-electron chi connectivity index (χ4n) is 2.55. The lowest BCUT2D eigenvalue weighted by molar-refractivity contribution is -0.174. The van der Waals surface area contributed by atoms with E-state index in [0.717, 1.165) is 29.7 Å². The molecule has 0 radical (unpaired) electrons. The lowest BCUT2D eigenvalue weighted by Crippen LogP contribution is -2.47. The molecule has 0 saturated carbocycles. The third kappa shape index (κ3) is 1.85. The maximum atomic E-state index is 13.8. The van der Waals surface area contributed by atoms with Crippen LogP contribution in [0.15, 0.2) is 9.85 Å². The van der Waals surface area contributed by atoms with Crippen molar-refractivity contribution in [3.8, 4) is 0 Å². The van der Waals surface area contributed by atoms with Crippen LogP contribution in [0.1, 0.15) is 23.3 Å². The summed E-state index contributed by atoms with van der Waals surface area (Å²) in [7, 11) is 0. The van der Waals surface area contributed by atoms with Crippen molar-refractivity contribution in [1.29, 1.82) is 0 Å². The molecule has 1 aromatic rings. The van der Waals surface area contributed by atoms with Gasteiger partial charge in [0.2, 0.25) is 0 Å². The Bertz CT molecular complexity index is 443. The second kappa shape index (κ2) is 3.98. The number of piperidine rings is 1. The first-order chi connectivity index (χ1) is 8.04. The van der Waals surface area contributed by atoms with Crippen molar-refractivity contribution < 1.29 is 13.5 Å². The Hall–Kier alpha value is -0.0400. The highest BCUT2D eigenvalue weighted by Gasteiger charge is 2.50. The van der Waals surface area contributed by atoms with Gasteiger partial charge in [0.25, 0.3) is 5.92 Å². The molecular weight excluding hydrogens is 312 g/mol. The number of hydrogen-bond donors (Lipinski definition) is 1. The highest BCUT2D eigenvalue weighted by Crippen LogP contribution is 2.51. The van der Waals surface area contributed by atoms with Crippen LogP contribution in [0.4, 0.5) is 8.78 Å². The fourth-order valence-corrected chi connectivity index (χ4v) is 4.40. The van der Waals surface area contributed by atoms with Crippen molar-refractivity contribution in [2.75, 3.05) is 19.7 Å². The zero-order chi connectivity index (χ0) is 12.1. The minimum Gasteiger partial charge on any atom is -0.363 e. The van der Waals surface area contributed by atoms with Crippen molar-refractivity contribution in [1.82, 2.24) is 5.32 Å². The minimum atomic E-state index is -2.85. The summed E-state index contributed by atoms with van der Waals surface area (Å²) in [5.41, 5.74) is -0.332. The molecule has 17 heavy (non-hydrogen) atoms. The van der Waals surface area contributed by atoms with Gasteiger partial charge in [-0.25, -0.2) is 0 Å². The maximum Gasteiger partial charge on any atom is 0.297 e. The lowest BCUT2D eigenvalue weighted by atomic mass is 9.85. The van der Waals surface area contributed by atoms with E-state index >= 15 is 0 Å². The van der Waals surface area contributed by atoms with E-state index < -0.39 is 18.1 Å². The van der Waals surface area contributed by atoms with Crippen molar-refractivity contribution in [2.24, 2.45) is 0 Å². The van der Waals surface area contributed by atoms with Gasteiger partial charge >= 0.3 is 0 Å². The Morgan fingerprint density at radius 2 is 2.06 bits per heavy atom. The first kappa shape index (κ1) is 12.0. The van der Waals surface area contributed by atoms with Gasteiger partial charge in [0.1, 0.15) is 12.2 Å². The number of nitrogens with one attached hydrogen (secondary N) is 1. The third-order valence-electron chi connectivity index (χ3n) is 3.45. The van der Waals surface area contributed by atoms with Gasteiger partial charge in [-0.1, -0.05) is 0 Å². The standard InChI is InChI=1S/C11H12BrF2NOS/c12-8-5-7-9(17-8)10(1-3-15-4-2-10)16-6-11(7,13)14/h5,15H,1-4,6H2. The first-order valence-electron chi connectivity index (χ1n) is 5.56. The monoisotopic (exact) mass is 323 g/mol. The van der Waals surface area contributed by atoms with Crippen molar-refractivity contribution in [3.05, 3.63) is 20.3 Å². The van der Waals surface area contributed by atoms with Crippen molar-refractivity contribution in [2.45, 2.75) is 24.4 Å². The summed E-state index contributed by atoms with van der Waals surface area (Å²) in [4.78, 5) is 0.710. The predicted molar refractivity (Wildman–Crippen MR) is 65.6 cm³/mol. The number of ether oxygens (including phenoxy) is 1. The zero-order valence-electron chi connectivity index (χ0n) is 9.06. The zero-order valence-corrected chi connectivity index (χ0v) is 11.5. The van der Waals surface area contributed by atoms with Gasteiger partial charge in [0.05, 0.1) is 3.79 Å². The van der Waals surface area contributed by atoms with Crippen LogP contribution < -0.4 is 5.32 Å². The average molecular weight is 324 g/mol. The fraction of sp³-hybridized carbons (Fsp3) is 0.636. The van der Waals surface area contributed by atoms with E-state index in [1.807, 2.05) is 0 Å². The summed E-state index contributed by atoms with van der Waals surface area (Å²) in [6.07, 6.45) is 1.53. The van der Waals surface area contributed by atoms with Gasteiger partial charge in [-0.3, -0.25) is 0 Å². The summed E-state index contributed by atoms with van der Waals surface area (Å²) < 4.78 is 33.9. The van der Waals surface area contributed by atoms with E-state index in [2.05, 4.69) is 21.2 Å². The second-order valence-corrected chi connectivity index (χ2v) is 6.96. The molecule has 3 heterocycles. The van der Waals surface area contributed by atoms with Crippen molar-refractivity contribution >= 4 is 27.3 Å². The molecule has 0 atom stereocenters. The first-order valence-corrected chi connectivity index (χ1v) is 7.17. The molecule has 2 aliphatic heterocycles. The van der Waals surface area contributed by atoms with Gasteiger partial charge < -0.3 is 10.1 Å². The van der Waals surface area contributed by atoms with Crippen LogP contribution in [0.2, 0.25) is 0 Å². The molecule has 0 bridgehead atoms. The van der Waals surface area contributed by atoms with Crippen LogP contribution in [-0.2, 0) is 16.3 Å². The minimum absolute atomic E-state index is 0.155. The number of rotatable bonds is 0. The van der Waals surface area contributed by atoms with E-state index in [9.17, 15) is 8.78 Å². The molecule has 1 spiro atoms. The maximum absolute atomic E-state index is 13.8. The molecule has 0 amide bonds. The van der Waals surface area contributed by atoms with Gasteiger partial charge in [-0.05, 0) is 47.9 Å². The summed E-state index contributed by atoms with van der Waals surface area (Å²) in [6.45, 7) is 1.14. The molecule has 6 heteroatoms. The van der Waals surface area contributed by atoms with Crippen LogP contribution >= 0.6 is 27.3 Å². The third-order valence-corrected chi connectivity index (χ3v) is 5.27. The predicted octanol–water partition coefficient (Wildman–Crippen LogP) is 3.21. The number of hydrogen-bond acceptors (Lipinski definition) is 3.